The van der Waals surface area contributed by atoms with Gasteiger partial charge in [0.15, 0.2) is 0 Å². The molecule has 1 N–H and O–H groups in total. The summed E-state index contributed by atoms with van der Waals surface area (Å²) in [5.41, 5.74) is 2.20. The van der Waals surface area contributed by atoms with Crippen LogP contribution < -0.4 is 4.90 Å². The number of anilines is 1. The van der Waals surface area contributed by atoms with Gasteiger partial charge in [0, 0.05) is 57.2 Å². The van der Waals surface area contributed by atoms with Crippen LogP contribution in [0, 0.1) is 0 Å². The Hall–Kier alpha value is -3.37. The third-order valence-corrected chi connectivity index (χ3v) is 6.79. The van der Waals surface area contributed by atoms with Crippen LogP contribution in [0.1, 0.15) is 32.4 Å². The molecule has 4 heterocycles. The molecule has 192 valence electrons. The summed E-state index contributed by atoms with van der Waals surface area (Å²) in [7, 11) is 1.99. The molecule has 2 aromatic heterocycles. The number of piperidine rings is 1. The molecule has 1 amide bonds. The van der Waals surface area contributed by atoms with E-state index in [4.69, 9.17) is 9.72 Å². The van der Waals surface area contributed by atoms with Gasteiger partial charge in [0.1, 0.15) is 11.3 Å². The number of ether oxygens (including phenoxy) is 1. The Bertz CT molecular complexity index is 1100. The van der Waals surface area contributed by atoms with E-state index >= 15 is 0 Å². The molecule has 10 nitrogen and oxygen atoms in total. The molecule has 2 saturated heterocycles. The number of hydrogen-bond acceptors (Lipinski definition) is 9. The van der Waals surface area contributed by atoms with E-state index in [2.05, 4.69) is 38.1 Å². The maximum atomic E-state index is 12.4. The number of aliphatic imine (C=N–C) groups is 1. The first-order valence-electron chi connectivity index (χ1n) is 12.3. The molecule has 10 heteroatoms. The maximum absolute atomic E-state index is 12.4. The first-order valence-corrected chi connectivity index (χ1v) is 12.3. The minimum Gasteiger partial charge on any atom is -0.381 e. The molecule has 2 fully saturated rings. The summed E-state index contributed by atoms with van der Waals surface area (Å²) < 4.78 is 5.40. The molecule has 0 radical (unpaired) electrons. The summed E-state index contributed by atoms with van der Waals surface area (Å²) >= 11 is 0. The smallest absolute Gasteiger partial charge is 0.253 e. The number of carbonyl (C=O) groups is 1. The summed E-state index contributed by atoms with van der Waals surface area (Å²) in [5.74, 6) is 0.446. The normalized spacial score (nSPS) is 17.1. The lowest BCUT2D eigenvalue weighted by Crippen LogP contribution is -2.51. The average molecular weight is 494 g/mol. The van der Waals surface area contributed by atoms with Gasteiger partial charge in [-0.05, 0) is 45.5 Å². The Morgan fingerprint density at radius 3 is 2.39 bits per heavy atom. The second-order valence-electron chi connectivity index (χ2n) is 9.73. The minimum absolute atomic E-state index is 0.183. The van der Waals surface area contributed by atoms with Gasteiger partial charge in [0.2, 0.25) is 5.95 Å². The van der Waals surface area contributed by atoms with E-state index in [1.54, 1.807) is 17.3 Å². The fourth-order valence-electron chi connectivity index (χ4n) is 4.56. The van der Waals surface area contributed by atoms with E-state index in [1.807, 2.05) is 19.2 Å². The van der Waals surface area contributed by atoms with Crippen molar-refractivity contribution in [1.29, 1.82) is 0 Å². The molecule has 36 heavy (non-hydrogen) atoms. The number of likely N-dealkylation sites (tertiary alicyclic amines) is 1. The molecule has 0 unspecified atom stereocenters. The van der Waals surface area contributed by atoms with Gasteiger partial charge in [0.05, 0.1) is 30.3 Å². The van der Waals surface area contributed by atoms with Crippen LogP contribution in [-0.2, 0) is 9.53 Å². The predicted octanol–water partition coefficient (Wildman–Crippen LogP) is 2.37. The molecule has 0 aliphatic carbocycles. The number of hydrogen-bond donors (Lipinski definition) is 1. The van der Waals surface area contributed by atoms with Crippen LogP contribution >= 0.6 is 0 Å². The Balaban J connectivity index is 1.48. The van der Waals surface area contributed by atoms with Crippen LogP contribution in [0.25, 0.3) is 17.0 Å². The predicted molar refractivity (Wildman–Crippen MR) is 140 cm³/mol. The largest absolute Gasteiger partial charge is 0.381 e. The zero-order valence-corrected chi connectivity index (χ0v) is 21.4. The number of amides is 1. The molecular weight excluding hydrogens is 458 g/mol. The maximum Gasteiger partial charge on any atom is 0.253 e. The highest BCUT2D eigenvalue weighted by Crippen LogP contribution is 2.31. The number of aliphatic hydroxyl groups is 1. The van der Waals surface area contributed by atoms with Crippen LogP contribution in [0.2, 0.25) is 0 Å². The van der Waals surface area contributed by atoms with Gasteiger partial charge in [-0.3, -0.25) is 9.79 Å². The lowest BCUT2D eigenvalue weighted by molar-refractivity contribution is -0.149. The summed E-state index contributed by atoms with van der Waals surface area (Å²) in [5, 5.41) is 10.1. The molecule has 2 aliphatic heterocycles. The Morgan fingerprint density at radius 2 is 1.81 bits per heavy atom. The van der Waals surface area contributed by atoms with Crippen molar-refractivity contribution in [2.75, 3.05) is 51.3 Å². The molecule has 0 aromatic carbocycles. The van der Waals surface area contributed by atoms with Gasteiger partial charge >= 0.3 is 0 Å². The molecule has 0 saturated carbocycles. The van der Waals surface area contributed by atoms with Crippen molar-refractivity contribution < 1.29 is 14.6 Å². The zero-order valence-electron chi connectivity index (χ0n) is 21.4. The van der Waals surface area contributed by atoms with Crippen molar-refractivity contribution in [3.05, 3.63) is 36.8 Å². The lowest BCUT2D eigenvalue weighted by atomic mass is 9.99. The molecule has 0 bridgehead atoms. The van der Waals surface area contributed by atoms with Crippen molar-refractivity contribution in [3.63, 3.8) is 0 Å². The standard InChI is InChI=1S/C26H35N7O3/c1-18(31(5)20-8-10-32(11-9-20)24(34)26(2,3)35)23-22(27-4)7-6-21(30-23)19-16-28-25(29-17-19)33-12-14-36-15-13-33/h6-7,16-17,20,35H,1,4,8-15H2,2-3,5H3. The zero-order chi connectivity index (χ0) is 25.9. The number of aromatic nitrogens is 3. The second kappa shape index (κ2) is 10.7. The molecule has 2 aromatic rings. The summed E-state index contributed by atoms with van der Waals surface area (Å²) in [4.78, 5) is 36.5. The fourth-order valence-corrected chi connectivity index (χ4v) is 4.56. The quantitative estimate of drug-likeness (QED) is 0.586. The van der Waals surface area contributed by atoms with Gasteiger partial charge < -0.3 is 24.5 Å². The van der Waals surface area contributed by atoms with Gasteiger partial charge in [0.25, 0.3) is 5.91 Å². The number of pyridine rings is 1. The number of morpholine rings is 1. The van der Waals surface area contributed by atoms with Crippen LogP contribution in [0.3, 0.4) is 0 Å². The monoisotopic (exact) mass is 493 g/mol. The SMILES string of the molecule is C=Nc1ccc(-c2cnc(N3CCOCC3)nc2)nc1C(=C)N(C)C1CCN(C(=O)C(C)(C)O)CC1. The van der Waals surface area contributed by atoms with E-state index in [0.717, 1.165) is 42.9 Å². The Kier molecular flexibility index (Phi) is 7.65. The number of carbonyl (C=O) groups excluding carboxylic acids is 1. The number of rotatable bonds is 7. The Morgan fingerprint density at radius 1 is 1.17 bits per heavy atom. The average Bonchev–Trinajstić information content (AvgIpc) is 2.91. The van der Waals surface area contributed by atoms with Crippen molar-refractivity contribution in [2.24, 2.45) is 4.99 Å². The Labute approximate surface area is 212 Å². The molecular formula is C26H35N7O3. The summed E-state index contributed by atoms with van der Waals surface area (Å²) in [6.07, 6.45) is 5.11. The van der Waals surface area contributed by atoms with E-state index in [0.29, 0.717) is 43.6 Å². The number of nitrogens with zero attached hydrogens (tertiary/aromatic N) is 7. The minimum atomic E-state index is -1.36. The van der Waals surface area contributed by atoms with Crippen molar-refractivity contribution in [3.8, 4) is 11.3 Å². The molecule has 4 rings (SSSR count). The highest BCUT2D eigenvalue weighted by atomic mass is 16.5. The van der Waals surface area contributed by atoms with Crippen LogP contribution in [0.15, 0.2) is 36.1 Å². The topological polar surface area (TPSA) is 107 Å². The van der Waals surface area contributed by atoms with Crippen molar-refractivity contribution in [1.82, 2.24) is 24.8 Å². The summed E-state index contributed by atoms with van der Waals surface area (Å²) in [6.45, 7) is 15.1. The van der Waals surface area contributed by atoms with E-state index in [1.165, 1.54) is 13.8 Å². The van der Waals surface area contributed by atoms with Gasteiger partial charge in [-0.2, -0.15) is 0 Å². The third-order valence-electron chi connectivity index (χ3n) is 6.79. The highest BCUT2D eigenvalue weighted by Gasteiger charge is 2.33. The third kappa shape index (κ3) is 5.55. The van der Waals surface area contributed by atoms with Crippen LogP contribution in [0.4, 0.5) is 11.6 Å². The van der Waals surface area contributed by atoms with Gasteiger partial charge in [-0.25, -0.2) is 15.0 Å². The second-order valence-corrected chi connectivity index (χ2v) is 9.73. The van der Waals surface area contributed by atoms with Gasteiger partial charge in [-0.15, -0.1) is 0 Å². The lowest BCUT2D eigenvalue weighted by Gasteiger charge is -2.40. The molecule has 0 spiro atoms. The van der Waals surface area contributed by atoms with Crippen molar-refractivity contribution >= 4 is 30.0 Å². The first kappa shape index (κ1) is 25.7. The summed E-state index contributed by atoms with van der Waals surface area (Å²) in [6, 6.07) is 3.95. The van der Waals surface area contributed by atoms with Gasteiger partial charge in [-0.1, -0.05) is 6.58 Å². The molecule has 2 aliphatic rings. The van der Waals surface area contributed by atoms with E-state index in [-0.39, 0.29) is 11.9 Å². The van der Waals surface area contributed by atoms with E-state index in [9.17, 15) is 9.90 Å². The van der Waals surface area contributed by atoms with Crippen LogP contribution in [-0.4, -0.2) is 101 Å². The van der Waals surface area contributed by atoms with Crippen LogP contribution in [0.5, 0.6) is 0 Å². The first-order chi connectivity index (χ1) is 17.2. The fraction of sp³-hybridized carbons (Fsp3) is 0.500. The van der Waals surface area contributed by atoms with E-state index < -0.39 is 5.60 Å². The molecule has 0 atom stereocenters. The highest BCUT2D eigenvalue weighted by molar-refractivity contribution is 5.84. The van der Waals surface area contributed by atoms with Crippen molar-refractivity contribution in [2.45, 2.75) is 38.3 Å².